The number of halogens is 2. The number of ether oxygens (including phenoxy) is 2. The van der Waals surface area contributed by atoms with Crippen molar-refractivity contribution in [3.8, 4) is 11.5 Å². The molecule has 6 nitrogen and oxygen atoms in total. The first-order valence-electron chi connectivity index (χ1n) is 10.7. The van der Waals surface area contributed by atoms with E-state index in [-0.39, 0.29) is 25.0 Å². The van der Waals surface area contributed by atoms with Gasteiger partial charge in [-0.25, -0.2) is 0 Å². The number of carbonyl (C=O) groups excluding carboxylic acids is 2. The van der Waals surface area contributed by atoms with Gasteiger partial charge >= 0.3 is 0 Å². The van der Waals surface area contributed by atoms with Crippen LogP contribution in [-0.4, -0.2) is 43.0 Å². The van der Waals surface area contributed by atoms with Crippen molar-refractivity contribution in [2.24, 2.45) is 0 Å². The predicted octanol–water partition coefficient (Wildman–Crippen LogP) is 5.10. The maximum absolute atomic E-state index is 13.2. The molecular formula is C24H30Cl2N2O4. The fourth-order valence-corrected chi connectivity index (χ4v) is 3.63. The van der Waals surface area contributed by atoms with Crippen molar-refractivity contribution >= 4 is 35.0 Å². The first-order chi connectivity index (χ1) is 15.4. The number of hydrogen-bond acceptors (Lipinski definition) is 4. The number of amides is 2. The van der Waals surface area contributed by atoms with E-state index < -0.39 is 6.04 Å². The number of carbonyl (C=O) groups is 2. The second-order valence-corrected chi connectivity index (χ2v) is 8.15. The van der Waals surface area contributed by atoms with Gasteiger partial charge in [-0.15, -0.1) is 0 Å². The van der Waals surface area contributed by atoms with E-state index >= 15 is 0 Å². The Morgan fingerprint density at radius 2 is 1.81 bits per heavy atom. The van der Waals surface area contributed by atoms with Gasteiger partial charge in [0.1, 0.15) is 17.5 Å². The molecule has 0 spiro atoms. The van der Waals surface area contributed by atoms with Crippen LogP contribution in [0.5, 0.6) is 11.5 Å². The fourth-order valence-electron chi connectivity index (χ4n) is 3.17. The van der Waals surface area contributed by atoms with E-state index in [2.05, 4.69) is 12.2 Å². The molecule has 2 rings (SSSR count). The highest BCUT2D eigenvalue weighted by molar-refractivity contribution is 6.35. The Hall–Kier alpha value is -2.44. The summed E-state index contributed by atoms with van der Waals surface area (Å²) in [6, 6.07) is 11.6. The number of nitrogens with one attached hydrogen (secondary N) is 1. The Bertz CT molecular complexity index is 890. The number of unbranched alkanes of at least 4 members (excludes halogenated alkanes) is 1. The highest BCUT2D eigenvalue weighted by Crippen LogP contribution is 2.27. The molecule has 0 bridgehead atoms. The highest BCUT2D eigenvalue weighted by atomic mass is 35.5. The lowest BCUT2D eigenvalue weighted by Crippen LogP contribution is -2.50. The first kappa shape index (κ1) is 25.8. The minimum atomic E-state index is -0.620. The van der Waals surface area contributed by atoms with E-state index in [0.29, 0.717) is 28.8 Å². The van der Waals surface area contributed by atoms with Crippen LogP contribution in [0.1, 0.15) is 38.7 Å². The molecule has 1 N–H and O–H groups in total. The summed E-state index contributed by atoms with van der Waals surface area (Å²) in [7, 11) is 1.60. The second-order valence-electron chi connectivity index (χ2n) is 7.30. The van der Waals surface area contributed by atoms with Crippen molar-refractivity contribution in [1.82, 2.24) is 10.2 Å². The summed E-state index contributed by atoms with van der Waals surface area (Å²) >= 11 is 12.1. The molecule has 0 radical (unpaired) electrons. The molecule has 0 aliphatic heterocycles. The minimum Gasteiger partial charge on any atom is -0.497 e. The average molecular weight is 481 g/mol. The zero-order chi connectivity index (χ0) is 23.5. The van der Waals surface area contributed by atoms with Crippen molar-refractivity contribution < 1.29 is 19.1 Å². The normalized spacial score (nSPS) is 11.5. The number of hydrogen-bond donors (Lipinski definition) is 1. The van der Waals surface area contributed by atoms with E-state index in [1.807, 2.05) is 31.2 Å². The lowest BCUT2D eigenvalue weighted by molar-refractivity contribution is -0.143. The monoisotopic (exact) mass is 480 g/mol. The van der Waals surface area contributed by atoms with Crippen LogP contribution in [0.25, 0.3) is 0 Å². The molecule has 0 aromatic heterocycles. The van der Waals surface area contributed by atoms with Gasteiger partial charge in [-0.3, -0.25) is 9.59 Å². The van der Waals surface area contributed by atoms with Crippen molar-refractivity contribution in [2.75, 3.05) is 20.3 Å². The molecule has 8 heteroatoms. The third-order valence-corrected chi connectivity index (χ3v) is 5.50. The molecular weight excluding hydrogens is 451 g/mol. The molecule has 0 saturated carbocycles. The Morgan fingerprint density at radius 1 is 1.09 bits per heavy atom. The Morgan fingerprint density at radius 3 is 2.41 bits per heavy atom. The summed E-state index contributed by atoms with van der Waals surface area (Å²) in [6.07, 6.45) is 2.33. The zero-order valence-corrected chi connectivity index (χ0v) is 20.2. The van der Waals surface area contributed by atoms with Gasteiger partial charge in [0.05, 0.1) is 12.1 Å². The Kier molecular flexibility index (Phi) is 10.6. The number of nitrogens with zero attached hydrogens (tertiary/aromatic N) is 1. The van der Waals surface area contributed by atoms with Crippen LogP contribution in [0.2, 0.25) is 10.0 Å². The predicted molar refractivity (Wildman–Crippen MR) is 127 cm³/mol. The molecule has 2 aromatic carbocycles. The van der Waals surface area contributed by atoms with Crippen LogP contribution >= 0.6 is 23.2 Å². The maximum Gasteiger partial charge on any atom is 0.261 e. The quantitative estimate of drug-likeness (QED) is 0.428. The van der Waals surface area contributed by atoms with E-state index in [1.54, 1.807) is 30.2 Å². The summed E-state index contributed by atoms with van der Waals surface area (Å²) in [4.78, 5) is 27.6. The van der Waals surface area contributed by atoms with Crippen LogP contribution in [-0.2, 0) is 16.1 Å². The number of rotatable bonds is 12. The van der Waals surface area contributed by atoms with Gasteiger partial charge < -0.3 is 19.7 Å². The molecule has 2 amide bonds. The summed E-state index contributed by atoms with van der Waals surface area (Å²) in [5, 5.41) is 3.73. The molecule has 0 heterocycles. The molecule has 0 aliphatic carbocycles. The fraction of sp³-hybridized carbons (Fsp3) is 0.417. The third kappa shape index (κ3) is 7.61. The smallest absolute Gasteiger partial charge is 0.261 e. The Balaban J connectivity index is 2.19. The second kappa shape index (κ2) is 13.2. The minimum absolute atomic E-state index is 0.174. The summed E-state index contributed by atoms with van der Waals surface area (Å²) in [5.41, 5.74) is 0.878. The van der Waals surface area contributed by atoms with E-state index in [1.165, 1.54) is 0 Å². The van der Waals surface area contributed by atoms with Crippen LogP contribution in [0.15, 0.2) is 42.5 Å². The highest BCUT2D eigenvalue weighted by Gasteiger charge is 2.29. The summed E-state index contributed by atoms with van der Waals surface area (Å²) in [6.45, 7) is 4.53. The van der Waals surface area contributed by atoms with Crippen LogP contribution < -0.4 is 14.8 Å². The van der Waals surface area contributed by atoms with Gasteiger partial charge in [-0.05, 0) is 48.7 Å². The largest absolute Gasteiger partial charge is 0.497 e. The van der Waals surface area contributed by atoms with Crippen molar-refractivity contribution in [3.63, 3.8) is 0 Å². The molecule has 0 fully saturated rings. The summed E-state index contributed by atoms with van der Waals surface area (Å²) < 4.78 is 10.9. The van der Waals surface area contributed by atoms with Gasteiger partial charge in [-0.2, -0.15) is 0 Å². The summed E-state index contributed by atoms with van der Waals surface area (Å²) in [5.74, 6) is 0.586. The lowest BCUT2D eigenvalue weighted by Gasteiger charge is -2.30. The molecule has 0 unspecified atom stereocenters. The number of methoxy groups -OCH3 is 1. The van der Waals surface area contributed by atoms with Gasteiger partial charge in [0.25, 0.3) is 5.91 Å². The van der Waals surface area contributed by atoms with E-state index in [9.17, 15) is 9.59 Å². The first-order valence-corrected chi connectivity index (χ1v) is 11.4. The Labute approximate surface area is 199 Å². The SMILES string of the molecule is CCCCNC(=O)[C@@H](CC)N(Cc1ccc(OC)cc1)C(=O)COc1ccc(Cl)cc1Cl. The van der Waals surface area contributed by atoms with Gasteiger partial charge in [0, 0.05) is 18.1 Å². The topological polar surface area (TPSA) is 67.9 Å². The lowest BCUT2D eigenvalue weighted by atomic mass is 10.1. The molecule has 174 valence electrons. The van der Waals surface area contributed by atoms with Gasteiger partial charge in [0.2, 0.25) is 5.91 Å². The van der Waals surface area contributed by atoms with Crippen molar-refractivity contribution in [3.05, 3.63) is 58.1 Å². The number of benzene rings is 2. The third-order valence-electron chi connectivity index (χ3n) is 4.97. The van der Waals surface area contributed by atoms with Crippen LogP contribution in [0.4, 0.5) is 0 Å². The van der Waals surface area contributed by atoms with Crippen LogP contribution in [0.3, 0.4) is 0 Å². The van der Waals surface area contributed by atoms with E-state index in [4.69, 9.17) is 32.7 Å². The van der Waals surface area contributed by atoms with E-state index in [0.717, 1.165) is 24.2 Å². The van der Waals surface area contributed by atoms with Crippen molar-refractivity contribution in [1.29, 1.82) is 0 Å². The van der Waals surface area contributed by atoms with Gasteiger partial charge in [0.15, 0.2) is 6.61 Å². The van der Waals surface area contributed by atoms with Crippen molar-refractivity contribution in [2.45, 2.75) is 45.7 Å². The molecule has 2 aromatic rings. The standard InChI is InChI=1S/C24H30Cl2N2O4/c1-4-6-13-27-24(30)21(5-2)28(15-17-7-10-19(31-3)11-8-17)23(29)16-32-22-12-9-18(25)14-20(22)26/h7-12,14,21H,4-6,13,15-16H2,1-3H3,(H,27,30)/t21-/m1/s1. The molecule has 32 heavy (non-hydrogen) atoms. The molecule has 0 saturated heterocycles. The van der Waals surface area contributed by atoms with Gasteiger partial charge in [-0.1, -0.05) is 55.6 Å². The zero-order valence-electron chi connectivity index (χ0n) is 18.7. The molecule has 0 aliphatic rings. The molecule has 1 atom stereocenters. The maximum atomic E-state index is 13.2. The average Bonchev–Trinajstić information content (AvgIpc) is 2.78. The van der Waals surface area contributed by atoms with Crippen LogP contribution in [0, 0.1) is 0 Å².